The first-order valence-electron chi connectivity index (χ1n) is 6.04. The summed E-state index contributed by atoms with van der Waals surface area (Å²) in [5.41, 5.74) is 6.37. The summed E-state index contributed by atoms with van der Waals surface area (Å²) < 4.78 is 5.26. The van der Waals surface area contributed by atoms with E-state index in [1.54, 1.807) is 24.9 Å². The minimum absolute atomic E-state index is 0.138. The molecule has 4 nitrogen and oxygen atoms in total. The van der Waals surface area contributed by atoms with E-state index in [9.17, 15) is 4.79 Å². The van der Waals surface area contributed by atoms with E-state index in [2.05, 4.69) is 5.32 Å². The zero-order valence-corrected chi connectivity index (χ0v) is 11.3. The van der Waals surface area contributed by atoms with E-state index in [0.717, 1.165) is 29.2 Å². The number of ether oxygens (including phenoxy) is 1. The number of nitrogens with one attached hydrogen (secondary N) is 1. The second kappa shape index (κ2) is 6.00. The number of rotatable bonds is 6. The van der Waals surface area contributed by atoms with Gasteiger partial charge in [0.25, 0.3) is 0 Å². The van der Waals surface area contributed by atoms with Gasteiger partial charge in [0.05, 0.1) is 7.11 Å². The van der Waals surface area contributed by atoms with Crippen LogP contribution in [-0.2, 0) is 4.79 Å². The Bertz CT molecular complexity index is 433. The summed E-state index contributed by atoms with van der Waals surface area (Å²) >= 11 is 1.61. The third-order valence-corrected chi connectivity index (χ3v) is 3.77. The first-order valence-corrected chi connectivity index (χ1v) is 7.03. The molecule has 2 rings (SSSR count). The molecule has 1 aliphatic rings. The summed E-state index contributed by atoms with van der Waals surface area (Å²) in [6.45, 7) is 0. The molecular weight excluding hydrogens is 248 g/mol. The van der Waals surface area contributed by atoms with Crippen LogP contribution in [0.5, 0.6) is 5.75 Å². The largest absolute Gasteiger partial charge is 0.496 e. The van der Waals surface area contributed by atoms with Crippen LogP contribution in [-0.4, -0.2) is 24.8 Å². The number of carbonyl (C=O) groups excluding carboxylic acids is 1. The van der Waals surface area contributed by atoms with Gasteiger partial charge in [-0.05, 0) is 25.0 Å². The van der Waals surface area contributed by atoms with E-state index in [1.807, 2.05) is 12.1 Å². The van der Waals surface area contributed by atoms with Crippen molar-refractivity contribution in [3.8, 4) is 5.75 Å². The van der Waals surface area contributed by atoms with Gasteiger partial charge in [0, 0.05) is 34.9 Å². The number of nitrogens with two attached hydrogens (primary N) is 1. The molecule has 1 aromatic rings. The molecular formula is C13H18N2O2S. The van der Waals surface area contributed by atoms with E-state index in [1.165, 1.54) is 0 Å². The van der Waals surface area contributed by atoms with Crippen LogP contribution in [0.4, 0.5) is 5.69 Å². The van der Waals surface area contributed by atoms with E-state index < -0.39 is 0 Å². The van der Waals surface area contributed by atoms with Crippen molar-refractivity contribution in [1.29, 1.82) is 0 Å². The quantitative estimate of drug-likeness (QED) is 0.611. The molecule has 0 spiro atoms. The normalized spacial score (nSPS) is 14.3. The van der Waals surface area contributed by atoms with E-state index in [4.69, 9.17) is 10.5 Å². The monoisotopic (exact) mass is 266 g/mol. The van der Waals surface area contributed by atoms with Crippen LogP contribution in [0.2, 0.25) is 0 Å². The van der Waals surface area contributed by atoms with E-state index in [-0.39, 0.29) is 5.91 Å². The molecule has 0 radical (unpaired) electrons. The topological polar surface area (TPSA) is 64.3 Å². The highest BCUT2D eigenvalue weighted by Crippen LogP contribution is 2.31. The lowest BCUT2D eigenvalue weighted by Crippen LogP contribution is -2.25. The van der Waals surface area contributed by atoms with Gasteiger partial charge in [-0.2, -0.15) is 0 Å². The van der Waals surface area contributed by atoms with Gasteiger partial charge in [0.2, 0.25) is 5.91 Å². The molecule has 1 aromatic carbocycles. The molecule has 1 saturated carbocycles. The maximum atomic E-state index is 11.5. The van der Waals surface area contributed by atoms with Crippen LogP contribution < -0.4 is 15.8 Å². The van der Waals surface area contributed by atoms with Crippen LogP contribution in [0.25, 0.3) is 0 Å². The fraction of sp³-hybridized carbons (Fsp3) is 0.462. The lowest BCUT2D eigenvalue weighted by molar-refractivity contribution is -0.120. The van der Waals surface area contributed by atoms with Gasteiger partial charge in [0.15, 0.2) is 0 Å². The van der Waals surface area contributed by atoms with Crippen LogP contribution in [0, 0.1) is 0 Å². The predicted octanol–water partition coefficient (Wildman–Crippen LogP) is 2.04. The number of nitrogen functional groups attached to an aromatic ring is 1. The molecule has 0 aromatic heterocycles. The van der Waals surface area contributed by atoms with Crippen molar-refractivity contribution in [2.24, 2.45) is 0 Å². The highest BCUT2D eigenvalue weighted by atomic mass is 32.2. The maximum Gasteiger partial charge on any atom is 0.221 e. The van der Waals surface area contributed by atoms with Crippen molar-refractivity contribution < 1.29 is 9.53 Å². The van der Waals surface area contributed by atoms with E-state index >= 15 is 0 Å². The molecule has 0 unspecified atom stereocenters. The number of hydrogen-bond acceptors (Lipinski definition) is 4. The zero-order chi connectivity index (χ0) is 13.0. The minimum Gasteiger partial charge on any atom is -0.496 e. The Morgan fingerprint density at radius 2 is 2.33 bits per heavy atom. The Morgan fingerprint density at radius 3 is 3.00 bits per heavy atom. The molecule has 0 heterocycles. The van der Waals surface area contributed by atoms with Crippen molar-refractivity contribution in [3.63, 3.8) is 0 Å². The average molecular weight is 266 g/mol. The van der Waals surface area contributed by atoms with Crippen LogP contribution in [0.3, 0.4) is 0 Å². The molecule has 18 heavy (non-hydrogen) atoms. The molecule has 0 aliphatic heterocycles. The number of hydrogen-bond donors (Lipinski definition) is 2. The number of anilines is 1. The van der Waals surface area contributed by atoms with Crippen molar-refractivity contribution in [2.75, 3.05) is 18.6 Å². The molecule has 1 aliphatic carbocycles. The van der Waals surface area contributed by atoms with Gasteiger partial charge in [-0.25, -0.2) is 0 Å². The maximum absolute atomic E-state index is 11.5. The van der Waals surface area contributed by atoms with Gasteiger partial charge in [0.1, 0.15) is 5.75 Å². The fourth-order valence-corrected chi connectivity index (χ4v) is 2.54. The van der Waals surface area contributed by atoms with Crippen molar-refractivity contribution in [1.82, 2.24) is 5.32 Å². The van der Waals surface area contributed by atoms with Gasteiger partial charge >= 0.3 is 0 Å². The molecule has 0 saturated heterocycles. The fourth-order valence-electron chi connectivity index (χ4n) is 1.58. The zero-order valence-electron chi connectivity index (χ0n) is 10.4. The Labute approximate surface area is 111 Å². The number of methoxy groups -OCH3 is 1. The Kier molecular flexibility index (Phi) is 4.36. The second-order valence-electron chi connectivity index (χ2n) is 4.35. The lowest BCUT2D eigenvalue weighted by atomic mass is 10.3. The second-order valence-corrected chi connectivity index (χ2v) is 5.49. The molecule has 5 heteroatoms. The van der Waals surface area contributed by atoms with Gasteiger partial charge < -0.3 is 15.8 Å². The van der Waals surface area contributed by atoms with Crippen molar-refractivity contribution in [3.05, 3.63) is 18.2 Å². The molecule has 1 amide bonds. The van der Waals surface area contributed by atoms with Crippen molar-refractivity contribution in [2.45, 2.75) is 30.2 Å². The Morgan fingerprint density at radius 1 is 1.56 bits per heavy atom. The molecule has 98 valence electrons. The number of amides is 1. The van der Waals surface area contributed by atoms with Crippen molar-refractivity contribution >= 4 is 23.4 Å². The smallest absolute Gasteiger partial charge is 0.221 e. The van der Waals surface area contributed by atoms with Gasteiger partial charge in [-0.1, -0.05) is 0 Å². The summed E-state index contributed by atoms with van der Waals surface area (Å²) in [6.07, 6.45) is 2.80. The minimum atomic E-state index is 0.138. The summed E-state index contributed by atoms with van der Waals surface area (Å²) in [5.74, 6) is 1.65. The highest BCUT2D eigenvalue weighted by molar-refractivity contribution is 7.99. The molecule has 0 atom stereocenters. The standard InChI is InChI=1S/C13H18N2O2S/c1-17-11-8-9(14)2-5-12(11)18-7-6-13(16)15-10-3-4-10/h2,5,8,10H,3-4,6-7,14H2,1H3,(H,15,16). The third-order valence-electron chi connectivity index (χ3n) is 2.72. The van der Waals surface area contributed by atoms with Crippen LogP contribution in [0.15, 0.2) is 23.1 Å². The molecule has 1 fully saturated rings. The van der Waals surface area contributed by atoms with Crippen LogP contribution >= 0.6 is 11.8 Å². The Hall–Kier alpha value is -1.36. The van der Waals surface area contributed by atoms with Crippen LogP contribution in [0.1, 0.15) is 19.3 Å². The number of thioether (sulfide) groups is 1. The Balaban J connectivity index is 1.79. The summed E-state index contributed by atoms with van der Waals surface area (Å²) in [7, 11) is 1.62. The average Bonchev–Trinajstić information content (AvgIpc) is 3.14. The lowest BCUT2D eigenvalue weighted by Gasteiger charge is -2.08. The number of benzene rings is 1. The summed E-state index contributed by atoms with van der Waals surface area (Å²) in [6, 6.07) is 6.01. The first-order chi connectivity index (χ1) is 8.69. The predicted molar refractivity (Wildman–Crippen MR) is 73.9 cm³/mol. The third kappa shape index (κ3) is 3.84. The summed E-state index contributed by atoms with van der Waals surface area (Å²) in [5, 5.41) is 2.97. The summed E-state index contributed by atoms with van der Waals surface area (Å²) in [4.78, 5) is 12.5. The first kappa shape index (κ1) is 13.1. The number of carbonyl (C=O) groups is 1. The SMILES string of the molecule is COc1cc(N)ccc1SCCC(=O)NC1CC1. The molecule has 0 bridgehead atoms. The van der Waals surface area contributed by atoms with E-state index in [0.29, 0.717) is 18.2 Å². The van der Waals surface area contributed by atoms with Gasteiger partial charge in [-0.15, -0.1) is 11.8 Å². The molecule has 3 N–H and O–H groups in total. The highest BCUT2D eigenvalue weighted by Gasteiger charge is 2.22. The van der Waals surface area contributed by atoms with Gasteiger partial charge in [-0.3, -0.25) is 4.79 Å².